The molecule has 15 heavy (non-hydrogen) atoms. The highest BCUT2D eigenvalue weighted by atomic mass is 14.7. The van der Waals surface area contributed by atoms with Crippen LogP contribution in [-0.4, -0.2) is 6.21 Å². The molecule has 0 saturated heterocycles. The summed E-state index contributed by atoms with van der Waals surface area (Å²) in [6.07, 6.45) is 2.03. The molecule has 74 valence electrons. The zero-order chi connectivity index (χ0) is 10.3. The molecule has 0 radical (unpaired) electrons. The maximum absolute atomic E-state index is 3.29. The average molecular weight is 196 g/mol. The van der Waals surface area contributed by atoms with Gasteiger partial charge >= 0.3 is 0 Å². The summed E-state index contributed by atoms with van der Waals surface area (Å²) in [4.78, 5) is 3.29. The lowest BCUT2D eigenvalue weighted by atomic mass is 10.2. The predicted octanol–water partition coefficient (Wildman–Crippen LogP) is 1.39. The Labute approximate surface area is 90.1 Å². The molecule has 2 rings (SSSR count). The van der Waals surface area contributed by atoms with Crippen molar-refractivity contribution < 1.29 is 4.99 Å². The fourth-order valence-electron chi connectivity index (χ4n) is 1.43. The van der Waals surface area contributed by atoms with Gasteiger partial charge in [-0.25, -0.2) is 4.99 Å². The fourth-order valence-corrected chi connectivity index (χ4v) is 1.43. The Morgan fingerprint density at radius 1 is 0.800 bits per heavy atom. The minimum Gasteiger partial charge on any atom is -0.243 e. The standard InChI is InChI=1S/C14H13N/c1-3-7-13(8-4-1)11-15-12-14-9-5-2-6-10-14/h1-11H,12H2/p+1. The van der Waals surface area contributed by atoms with Crippen molar-refractivity contribution in [2.75, 3.05) is 0 Å². The third-order valence-corrected chi connectivity index (χ3v) is 2.22. The van der Waals surface area contributed by atoms with Crippen molar-refractivity contribution in [2.24, 2.45) is 0 Å². The molecule has 0 heterocycles. The van der Waals surface area contributed by atoms with E-state index in [0.29, 0.717) is 0 Å². The lowest BCUT2D eigenvalue weighted by Gasteiger charge is -1.90. The van der Waals surface area contributed by atoms with Crippen LogP contribution < -0.4 is 4.99 Å². The summed E-state index contributed by atoms with van der Waals surface area (Å²) in [5.41, 5.74) is 2.50. The Morgan fingerprint density at radius 3 is 2.07 bits per heavy atom. The molecule has 0 aliphatic carbocycles. The van der Waals surface area contributed by atoms with Crippen LogP contribution in [0.5, 0.6) is 0 Å². The molecule has 0 fully saturated rings. The lowest BCUT2D eigenvalue weighted by Crippen LogP contribution is -2.67. The number of hydrogen-bond acceptors (Lipinski definition) is 0. The Balaban J connectivity index is 1.97. The molecule has 0 unspecified atom stereocenters. The van der Waals surface area contributed by atoms with Crippen LogP contribution in [0.3, 0.4) is 0 Å². The second-order valence-electron chi connectivity index (χ2n) is 3.42. The first kappa shape index (κ1) is 9.66. The zero-order valence-electron chi connectivity index (χ0n) is 8.56. The third kappa shape index (κ3) is 3.06. The maximum atomic E-state index is 3.29. The van der Waals surface area contributed by atoms with Gasteiger partial charge in [-0.05, 0) is 12.1 Å². The van der Waals surface area contributed by atoms with Gasteiger partial charge in [0.2, 0.25) is 0 Å². The first-order chi connectivity index (χ1) is 7.45. The summed E-state index contributed by atoms with van der Waals surface area (Å²) in [6, 6.07) is 20.6. The topological polar surface area (TPSA) is 14.0 Å². The van der Waals surface area contributed by atoms with Crippen molar-refractivity contribution in [1.82, 2.24) is 0 Å². The van der Waals surface area contributed by atoms with Crippen LogP contribution in [0.2, 0.25) is 0 Å². The van der Waals surface area contributed by atoms with Crippen LogP contribution in [0.4, 0.5) is 0 Å². The summed E-state index contributed by atoms with van der Waals surface area (Å²) in [7, 11) is 0. The summed E-state index contributed by atoms with van der Waals surface area (Å²) in [6.45, 7) is 0.871. The molecule has 0 spiro atoms. The monoisotopic (exact) mass is 196 g/mol. The van der Waals surface area contributed by atoms with Crippen LogP contribution in [0, 0.1) is 0 Å². The van der Waals surface area contributed by atoms with Crippen molar-refractivity contribution in [3.05, 3.63) is 71.8 Å². The van der Waals surface area contributed by atoms with E-state index in [4.69, 9.17) is 0 Å². The van der Waals surface area contributed by atoms with Crippen LogP contribution in [0.25, 0.3) is 0 Å². The van der Waals surface area contributed by atoms with Gasteiger partial charge in [0.1, 0.15) is 0 Å². The average Bonchev–Trinajstić information content (AvgIpc) is 2.32. The summed E-state index contributed by atoms with van der Waals surface area (Å²) >= 11 is 0. The molecule has 0 atom stereocenters. The second-order valence-corrected chi connectivity index (χ2v) is 3.42. The zero-order valence-corrected chi connectivity index (χ0v) is 8.56. The molecule has 0 saturated carbocycles. The molecular weight excluding hydrogens is 182 g/mol. The van der Waals surface area contributed by atoms with E-state index >= 15 is 0 Å². The van der Waals surface area contributed by atoms with E-state index in [0.717, 1.165) is 6.54 Å². The SMILES string of the molecule is C(=[NH+]Cc1ccccc1)c1ccccc1. The molecule has 0 aliphatic rings. The Hall–Kier alpha value is -1.89. The van der Waals surface area contributed by atoms with E-state index < -0.39 is 0 Å². The quantitative estimate of drug-likeness (QED) is 0.713. The van der Waals surface area contributed by atoms with Gasteiger partial charge in [0.25, 0.3) is 0 Å². The highest BCUT2D eigenvalue weighted by Gasteiger charge is 1.92. The molecular formula is C14H14N+. The van der Waals surface area contributed by atoms with Gasteiger partial charge in [-0.1, -0.05) is 48.5 Å². The minimum atomic E-state index is 0.871. The number of benzene rings is 2. The Morgan fingerprint density at radius 2 is 1.40 bits per heavy atom. The van der Waals surface area contributed by atoms with Crippen molar-refractivity contribution in [2.45, 2.75) is 6.54 Å². The van der Waals surface area contributed by atoms with Crippen molar-refractivity contribution in [3.63, 3.8) is 0 Å². The van der Waals surface area contributed by atoms with Crippen LogP contribution >= 0.6 is 0 Å². The second kappa shape index (κ2) is 5.11. The van der Waals surface area contributed by atoms with E-state index in [1.54, 1.807) is 0 Å². The van der Waals surface area contributed by atoms with E-state index in [2.05, 4.69) is 41.4 Å². The first-order valence-electron chi connectivity index (χ1n) is 5.11. The highest BCUT2D eigenvalue weighted by Crippen LogP contribution is 1.94. The third-order valence-electron chi connectivity index (χ3n) is 2.22. The van der Waals surface area contributed by atoms with Gasteiger partial charge in [0.15, 0.2) is 12.8 Å². The number of rotatable bonds is 3. The van der Waals surface area contributed by atoms with E-state index in [1.807, 2.05) is 30.5 Å². The largest absolute Gasteiger partial charge is 0.243 e. The maximum Gasteiger partial charge on any atom is 0.169 e. The van der Waals surface area contributed by atoms with Gasteiger partial charge in [-0.2, -0.15) is 0 Å². The van der Waals surface area contributed by atoms with Gasteiger partial charge in [0, 0.05) is 11.1 Å². The molecule has 1 N–H and O–H groups in total. The molecule has 1 nitrogen and oxygen atoms in total. The van der Waals surface area contributed by atoms with E-state index in [9.17, 15) is 0 Å². The first-order valence-corrected chi connectivity index (χ1v) is 5.11. The molecule has 2 aromatic rings. The molecule has 0 bridgehead atoms. The Bertz CT molecular complexity index is 418. The van der Waals surface area contributed by atoms with Gasteiger partial charge in [0.05, 0.1) is 0 Å². The summed E-state index contributed by atoms with van der Waals surface area (Å²) in [5.74, 6) is 0. The van der Waals surface area contributed by atoms with Crippen molar-refractivity contribution in [3.8, 4) is 0 Å². The van der Waals surface area contributed by atoms with E-state index in [1.165, 1.54) is 11.1 Å². The van der Waals surface area contributed by atoms with Gasteiger partial charge < -0.3 is 0 Å². The molecule has 1 heteroatoms. The van der Waals surface area contributed by atoms with E-state index in [-0.39, 0.29) is 0 Å². The van der Waals surface area contributed by atoms with Crippen LogP contribution in [-0.2, 0) is 6.54 Å². The molecule has 0 aromatic heterocycles. The smallest absolute Gasteiger partial charge is 0.169 e. The number of hydrogen-bond donors (Lipinski definition) is 1. The van der Waals surface area contributed by atoms with Gasteiger partial charge in [-0.15, -0.1) is 0 Å². The summed E-state index contributed by atoms with van der Waals surface area (Å²) < 4.78 is 0. The fraction of sp³-hybridized carbons (Fsp3) is 0.0714. The minimum absolute atomic E-state index is 0.871. The van der Waals surface area contributed by atoms with Gasteiger partial charge in [-0.3, -0.25) is 0 Å². The van der Waals surface area contributed by atoms with Crippen molar-refractivity contribution in [1.29, 1.82) is 0 Å². The normalized spacial score (nSPS) is 10.7. The molecule has 0 aliphatic heterocycles. The summed E-state index contributed by atoms with van der Waals surface area (Å²) in [5, 5.41) is 0. The van der Waals surface area contributed by atoms with Crippen LogP contribution in [0.15, 0.2) is 60.7 Å². The molecule has 2 aromatic carbocycles. The van der Waals surface area contributed by atoms with Crippen molar-refractivity contribution >= 4 is 6.21 Å². The lowest BCUT2D eigenvalue weighted by molar-refractivity contribution is -0.469. The highest BCUT2D eigenvalue weighted by molar-refractivity contribution is 5.74. The Kier molecular flexibility index (Phi) is 3.29. The number of nitrogens with one attached hydrogen (secondary N) is 1. The van der Waals surface area contributed by atoms with Crippen LogP contribution in [0.1, 0.15) is 11.1 Å². The molecule has 0 amide bonds. The predicted molar refractivity (Wildman–Crippen MR) is 62.7 cm³/mol.